The van der Waals surface area contributed by atoms with E-state index in [1.165, 1.54) is 19.2 Å². The molecule has 13 nitrogen and oxygen atoms in total. The normalized spacial score (nSPS) is 15.4. The van der Waals surface area contributed by atoms with Gasteiger partial charge in [-0.15, -0.1) is 0 Å². The first-order valence-electron chi connectivity index (χ1n) is 12.2. The Hall–Kier alpha value is -4.78. The molecule has 1 heterocycles. The van der Waals surface area contributed by atoms with Crippen LogP contribution in [0.25, 0.3) is 0 Å². The van der Waals surface area contributed by atoms with Crippen LogP contribution in [0.3, 0.4) is 0 Å². The van der Waals surface area contributed by atoms with Gasteiger partial charge in [0.25, 0.3) is 17.7 Å². The molecule has 1 aliphatic heterocycles. The van der Waals surface area contributed by atoms with Crippen LogP contribution in [0, 0.1) is 13.8 Å². The standard InChI is InChI=1S/C27H30N4O9/c1-15-8-17(9-16(2)25(15)40-3)26(38)29-19-11-30(23(35)14-33)20-6-4-5-7-21(20)31(27(19)39)12-22(34)28-18(13-32)10-24(36)37/h4-9,13,18-19,33H,10-12,14H2,1-3H3,(H,28,34)(H,29,38)(H,36,37)/t18-,19-/m0/s1. The van der Waals surface area contributed by atoms with Crippen LogP contribution in [-0.2, 0) is 24.0 Å². The summed E-state index contributed by atoms with van der Waals surface area (Å²) in [7, 11) is 1.51. The molecule has 1 aliphatic rings. The van der Waals surface area contributed by atoms with E-state index >= 15 is 0 Å². The second-order valence-electron chi connectivity index (χ2n) is 9.15. The number of methoxy groups -OCH3 is 1. The van der Waals surface area contributed by atoms with Gasteiger partial charge in [0, 0.05) is 5.56 Å². The number of fused-ring (bicyclic) bond motifs is 1. The first kappa shape index (κ1) is 29.8. The third-order valence-corrected chi connectivity index (χ3v) is 6.27. The number of aliphatic hydroxyl groups is 1. The number of hydrogen-bond acceptors (Lipinski definition) is 8. The number of aldehydes is 1. The highest BCUT2D eigenvalue weighted by atomic mass is 16.5. The first-order valence-corrected chi connectivity index (χ1v) is 12.2. The molecule has 2 aromatic carbocycles. The fourth-order valence-corrected chi connectivity index (χ4v) is 4.54. The van der Waals surface area contributed by atoms with Crippen molar-refractivity contribution in [2.75, 3.05) is 36.6 Å². The van der Waals surface area contributed by atoms with Crippen LogP contribution in [-0.4, -0.2) is 85.0 Å². The van der Waals surface area contributed by atoms with E-state index in [2.05, 4.69) is 10.6 Å². The summed E-state index contributed by atoms with van der Waals surface area (Å²) in [6.07, 6.45) is -0.383. The van der Waals surface area contributed by atoms with Crippen molar-refractivity contribution in [2.24, 2.45) is 0 Å². The van der Waals surface area contributed by atoms with Gasteiger partial charge in [0.15, 0.2) is 0 Å². The molecule has 0 radical (unpaired) electrons. The van der Waals surface area contributed by atoms with Gasteiger partial charge in [0.2, 0.25) is 5.91 Å². The van der Waals surface area contributed by atoms with E-state index in [4.69, 9.17) is 9.84 Å². The topological polar surface area (TPSA) is 183 Å². The summed E-state index contributed by atoms with van der Waals surface area (Å²) in [5.74, 6) is -3.66. The highest BCUT2D eigenvalue weighted by molar-refractivity contribution is 6.11. The number of carbonyl (C=O) groups is 6. The maximum atomic E-state index is 13.8. The molecule has 2 aromatic rings. The smallest absolute Gasteiger partial charge is 0.305 e. The van der Waals surface area contributed by atoms with Crippen molar-refractivity contribution in [3.8, 4) is 5.75 Å². The van der Waals surface area contributed by atoms with Crippen LogP contribution < -0.4 is 25.2 Å². The minimum atomic E-state index is -1.34. The van der Waals surface area contributed by atoms with E-state index in [9.17, 15) is 33.9 Å². The van der Waals surface area contributed by atoms with E-state index in [0.29, 0.717) is 16.9 Å². The number of aryl methyl sites for hydroxylation is 2. The van der Waals surface area contributed by atoms with E-state index in [-0.39, 0.29) is 29.8 Å². The Balaban J connectivity index is 1.98. The lowest BCUT2D eigenvalue weighted by Crippen LogP contribution is -2.55. The lowest BCUT2D eigenvalue weighted by molar-refractivity contribution is -0.139. The number of carboxylic acid groups (broad SMARTS) is 1. The van der Waals surface area contributed by atoms with Gasteiger partial charge in [-0.1, -0.05) is 12.1 Å². The molecule has 0 fully saturated rings. The zero-order chi connectivity index (χ0) is 29.6. The second kappa shape index (κ2) is 12.8. The number of carboxylic acids is 1. The van der Waals surface area contributed by atoms with Crippen molar-refractivity contribution in [1.29, 1.82) is 0 Å². The molecule has 0 aliphatic carbocycles. The number of anilines is 2. The summed E-state index contributed by atoms with van der Waals surface area (Å²) in [5, 5.41) is 23.5. The molecule has 0 bridgehead atoms. The first-order chi connectivity index (χ1) is 19.0. The lowest BCUT2D eigenvalue weighted by Gasteiger charge is -2.25. The average molecular weight is 555 g/mol. The van der Waals surface area contributed by atoms with Crippen molar-refractivity contribution in [1.82, 2.24) is 10.6 Å². The number of nitrogens with one attached hydrogen (secondary N) is 2. The fourth-order valence-electron chi connectivity index (χ4n) is 4.54. The van der Waals surface area contributed by atoms with Crippen LogP contribution in [0.2, 0.25) is 0 Å². The summed E-state index contributed by atoms with van der Waals surface area (Å²) in [4.78, 5) is 77.0. The molecule has 3 rings (SSSR count). The highest BCUT2D eigenvalue weighted by Gasteiger charge is 2.37. The van der Waals surface area contributed by atoms with Crippen molar-refractivity contribution in [3.05, 3.63) is 53.1 Å². The van der Waals surface area contributed by atoms with E-state index < -0.39 is 61.3 Å². The van der Waals surface area contributed by atoms with Crippen LogP contribution in [0.1, 0.15) is 27.9 Å². The summed E-state index contributed by atoms with van der Waals surface area (Å²) in [6.45, 7) is 1.65. The molecule has 40 heavy (non-hydrogen) atoms. The molecule has 0 saturated heterocycles. The third kappa shape index (κ3) is 6.61. The van der Waals surface area contributed by atoms with Crippen molar-refractivity contribution >= 4 is 47.3 Å². The zero-order valence-corrected chi connectivity index (χ0v) is 22.2. The summed E-state index contributed by atoms with van der Waals surface area (Å²) in [6, 6.07) is 6.66. The Labute approximate surface area is 229 Å². The van der Waals surface area contributed by atoms with Crippen molar-refractivity contribution in [3.63, 3.8) is 0 Å². The molecule has 0 spiro atoms. The maximum absolute atomic E-state index is 13.8. The van der Waals surface area contributed by atoms with Gasteiger partial charge in [-0.05, 0) is 49.2 Å². The molecular weight excluding hydrogens is 524 g/mol. The lowest BCUT2D eigenvalue weighted by atomic mass is 10.0. The minimum Gasteiger partial charge on any atom is -0.496 e. The Morgan fingerprint density at radius 1 is 1.12 bits per heavy atom. The molecule has 0 saturated carbocycles. The van der Waals surface area contributed by atoms with Crippen LogP contribution >= 0.6 is 0 Å². The van der Waals surface area contributed by atoms with Gasteiger partial charge in [0.1, 0.15) is 31.2 Å². The number of rotatable bonds is 10. The van der Waals surface area contributed by atoms with Gasteiger partial charge < -0.3 is 35.3 Å². The third-order valence-electron chi connectivity index (χ3n) is 6.27. The number of aliphatic hydroxyl groups excluding tert-OH is 1. The second-order valence-corrected chi connectivity index (χ2v) is 9.15. The van der Waals surface area contributed by atoms with Crippen LogP contribution in [0.4, 0.5) is 11.4 Å². The molecule has 2 atom stereocenters. The monoisotopic (exact) mass is 554 g/mol. The van der Waals surface area contributed by atoms with Gasteiger partial charge in [-0.2, -0.15) is 0 Å². The van der Waals surface area contributed by atoms with Gasteiger partial charge >= 0.3 is 5.97 Å². The number of carbonyl (C=O) groups excluding carboxylic acids is 5. The Morgan fingerprint density at radius 3 is 2.30 bits per heavy atom. The largest absolute Gasteiger partial charge is 0.496 e. The van der Waals surface area contributed by atoms with Gasteiger partial charge in [-0.25, -0.2) is 0 Å². The predicted octanol–water partition coefficient (Wildman–Crippen LogP) is -0.0591. The molecule has 0 unspecified atom stereocenters. The Morgan fingerprint density at radius 2 is 1.75 bits per heavy atom. The van der Waals surface area contributed by atoms with Crippen molar-refractivity contribution in [2.45, 2.75) is 32.4 Å². The molecule has 13 heteroatoms. The zero-order valence-electron chi connectivity index (χ0n) is 22.2. The number of hydrogen-bond donors (Lipinski definition) is 4. The molecule has 4 amide bonds. The molecule has 0 aromatic heterocycles. The quantitative estimate of drug-likeness (QED) is 0.292. The van der Waals surface area contributed by atoms with E-state index in [1.807, 2.05) is 0 Å². The Kier molecular flexibility index (Phi) is 9.56. The Bertz CT molecular complexity index is 1320. The van der Waals surface area contributed by atoms with Crippen molar-refractivity contribution < 1.29 is 43.7 Å². The minimum absolute atomic E-state index is 0.137. The number of para-hydroxylation sites is 2. The number of amides is 4. The summed E-state index contributed by atoms with van der Waals surface area (Å²) < 4.78 is 5.34. The highest BCUT2D eigenvalue weighted by Crippen LogP contribution is 2.33. The number of nitrogens with zero attached hydrogens (tertiary/aromatic N) is 2. The average Bonchev–Trinajstić information content (AvgIpc) is 3.02. The fraction of sp³-hybridized carbons (Fsp3) is 0.333. The van der Waals surface area contributed by atoms with Gasteiger partial charge in [-0.3, -0.25) is 28.9 Å². The summed E-state index contributed by atoms with van der Waals surface area (Å²) >= 11 is 0. The molecule has 4 N–H and O–H groups in total. The van der Waals surface area contributed by atoms with Crippen LogP contribution in [0.15, 0.2) is 36.4 Å². The SMILES string of the molecule is COc1c(C)cc(C(=O)N[C@H]2CN(C(=O)CO)c3ccccc3N(CC(=O)N[C@H](C=O)CC(=O)O)C2=O)cc1C. The maximum Gasteiger partial charge on any atom is 0.305 e. The van der Waals surface area contributed by atoms with Crippen LogP contribution in [0.5, 0.6) is 5.75 Å². The molecule has 212 valence electrons. The number of aliphatic carboxylic acids is 1. The van der Waals surface area contributed by atoms with Gasteiger partial charge in [0.05, 0.1) is 37.5 Å². The molecular formula is C27H30N4O9. The van der Waals surface area contributed by atoms with E-state index in [1.54, 1.807) is 38.1 Å². The number of benzene rings is 2. The summed E-state index contributed by atoms with van der Waals surface area (Å²) in [5.41, 5.74) is 1.95. The number of ether oxygens (including phenoxy) is 1. The van der Waals surface area contributed by atoms with E-state index in [0.717, 1.165) is 9.80 Å². The predicted molar refractivity (Wildman–Crippen MR) is 142 cm³/mol.